The van der Waals surface area contributed by atoms with Crippen LogP contribution in [0.25, 0.3) is 11.1 Å². The predicted molar refractivity (Wildman–Crippen MR) is 126 cm³/mol. The maximum absolute atomic E-state index is 12.6. The third-order valence-electron chi connectivity index (χ3n) is 5.54. The summed E-state index contributed by atoms with van der Waals surface area (Å²) in [7, 11) is 0. The molecule has 188 valence electrons. The molecule has 2 heterocycles. The molecule has 3 rings (SSSR count). The lowest BCUT2D eigenvalue weighted by atomic mass is 9.96. The average Bonchev–Trinajstić information content (AvgIpc) is 3.08. The lowest BCUT2D eigenvalue weighted by Gasteiger charge is -2.18. The molecule has 0 bridgehead atoms. The van der Waals surface area contributed by atoms with Crippen LogP contribution in [0.2, 0.25) is 0 Å². The molecule has 1 aliphatic heterocycles. The summed E-state index contributed by atoms with van der Waals surface area (Å²) in [4.78, 5) is 49.2. The van der Waals surface area contributed by atoms with Gasteiger partial charge in [-0.05, 0) is 48.1 Å². The van der Waals surface area contributed by atoms with Gasteiger partial charge in [0.1, 0.15) is 0 Å². The maximum atomic E-state index is 12.6. The SMILES string of the molecule is Cc1cc(-c2cccnc2)cc2c1C(=O)N(CCC(C)C)C2.O=C(O)CC(O)(CC(=O)O)C(=O)O. The number of fused-ring (bicyclic) bond motifs is 1. The average molecular weight is 487 g/mol. The molecule has 0 unspecified atom stereocenters. The molecule has 0 aliphatic carbocycles. The van der Waals surface area contributed by atoms with Crippen molar-refractivity contribution in [2.45, 2.75) is 52.2 Å². The van der Waals surface area contributed by atoms with Gasteiger partial charge in [0, 0.05) is 36.6 Å². The normalized spacial score (nSPS) is 12.7. The van der Waals surface area contributed by atoms with Crippen molar-refractivity contribution >= 4 is 23.8 Å². The Morgan fingerprint density at radius 1 is 1.09 bits per heavy atom. The van der Waals surface area contributed by atoms with Crippen molar-refractivity contribution in [3.8, 4) is 11.1 Å². The molecule has 35 heavy (non-hydrogen) atoms. The van der Waals surface area contributed by atoms with Crippen LogP contribution in [0.4, 0.5) is 0 Å². The van der Waals surface area contributed by atoms with Gasteiger partial charge in [0.25, 0.3) is 5.91 Å². The van der Waals surface area contributed by atoms with E-state index >= 15 is 0 Å². The Balaban J connectivity index is 0.000000287. The van der Waals surface area contributed by atoms with Crippen molar-refractivity contribution in [3.63, 3.8) is 0 Å². The molecule has 10 heteroatoms. The lowest BCUT2D eigenvalue weighted by Crippen LogP contribution is -2.42. The van der Waals surface area contributed by atoms with Crippen LogP contribution in [0, 0.1) is 12.8 Å². The maximum Gasteiger partial charge on any atom is 0.336 e. The van der Waals surface area contributed by atoms with Crippen LogP contribution < -0.4 is 0 Å². The summed E-state index contributed by atoms with van der Waals surface area (Å²) in [6, 6.07) is 8.24. The number of aromatic nitrogens is 1. The van der Waals surface area contributed by atoms with E-state index in [0.717, 1.165) is 47.3 Å². The number of carbonyl (C=O) groups is 4. The highest BCUT2D eigenvalue weighted by atomic mass is 16.4. The first-order valence-electron chi connectivity index (χ1n) is 11.1. The topological polar surface area (TPSA) is 165 Å². The first-order valence-corrected chi connectivity index (χ1v) is 11.1. The molecular weight excluding hydrogens is 456 g/mol. The molecule has 10 nitrogen and oxygen atoms in total. The summed E-state index contributed by atoms with van der Waals surface area (Å²) in [5.74, 6) is -4.22. The second kappa shape index (κ2) is 11.6. The van der Waals surface area contributed by atoms with Crippen molar-refractivity contribution in [1.29, 1.82) is 0 Å². The van der Waals surface area contributed by atoms with Gasteiger partial charge in [-0.3, -0.25) is 19.4 Å². The van der Waals surface area contributed by atoms with Gasteiger partial charge >= 0.3 is 17.9 Å². The third kappa shape index (κ3) is 7.35. The number of rotatable bonds is 9. The number of carboxylic acids is 3. The minimum Gasteiger partial charge on any atom is -0.481 e. The summed E-state index contributed by atoms with van der Waals surface area (Å²) in [6.07, 6.45) is 2.41. The van der Waals surface area contributed by atoms with Gasteiger partial charge in [0.05, 0.1) is 12.8 Å². The molecule has 0 radical (unpaired) electrons. The van der Waals surface area contributed by atoms with Gasteiger partial charge in [-0.25, -0.2) is 4.79 Å². The van der Waals surface area contributed by atoms with Crippen LogP contribution in [0.3, 0.4) is 0 Å². The molecule has 0 saturated heterocycles. The van der Waals surface area contributed by atoms with E-state index in [4.69, 9.17) is 20.4 Å². The van der Waals surface area contributed by atoms with Crippen molar-refractivity contribution < 1.29 is 39.6 Å². The molecule has 0 fully saturated rings. The number of aliphatic hydroxyl groups is 1. The second-order valence-electron chi connectivity index (χ2n) is 8.96. The van der Waals surface area contributed by atoms with Crippen LogP contribution in [0.5, 0.6) is 0 Å². The smallest absolute Gasteiger partial charge is 0.336 e. The fraction of sp³-hybridized carbons (Fsp3) is 0.400. The van der Waals surface area contributed by atoms with Gasteiger partial charge in [-0.1, -0.05) is 26.0 Å². The van der Waals surface area contributed by atoms with Crippen molar-refractivity contribution in [3.05, 3.63) is 53.3 Å². The van der Waals surface area contributed by atoms with E-state index in [0.29, 0.717) is 5.92 Å². The second-order valence-corrected chi connectivity index (χ2v) is 8.96. The van der Waals surface area contributed by atoms with Gasteiger partial charge in [-0.2, -0.15) is 0 Å². The summed E-state index contributed by atoms with van der Waals surface area (Å²) < 4.78 is 0. The first-order chi connectivity index (χ1) is 16.3. The van der Waals surface area contributed by atoms with E-state index in [-0.39, 0.29) is 5.91 Å². The highest BCUT2D eigenvalue weighted by molar-refractivity contribution is 6.00. The van der Waals surface area contributed by atoms with Crippen molar-refractivity contribution in [2.75, 3.05) is 6.54 Å². The Labute approximate surface area is 202 Å². The molecule has 0 saturated carbocycles. The quantitative estimate of drug-likeness (QED) is 0.417. The molecule has 0 spiro atoms. The zero-order chi connectivity index (χ0) is 26.3. The van der Waals surface area contributed by atoms with Crippen LogP contribution in [0.1, 0.15) is 54.6 Å². The van der Waals surface area contributed by atoms with E-state index in [1.54, 1.807) is 6.20 Å². The molecule has 1 aromatic carbocycles. The van der Waals surface area contributed by atoms with E-state index in [1.165, 1.54) is 0 Å². The number of nitrogens with zero attached hydrogens (tertiary/aromatic N) is 2. The molecule has 4 N–H and O–H groups in total. The van der Waals surface area contributed by atoms with Gasteiger partial charge in [0.2, 0.25) is 0 Å². The van der Waals surface area contributed by atoms with E-state index in [9.17, 15) is 19.2 Å². The summed E-state index contributed by atoms with van der Waals surface area (Å²) in [5.41, 5.74) is 2.61. The standard InChI is InChI=1S/C19H22N2O.C6H8O7/c1-13(2)6-8-21-12-17-10-16(15-5-4-7-20-11-15)9-14(3)18(17)19(21)22;7-3(8)1-6(13,5(11)12)2-4(9)10/h4-5,7,9-11,13H,6,8,12H2,1-3H3;13H,1-2H2,(H,7,8)(H,9,10)(H,11,12). The number of carboxylic acid groups (broad SMARTS) is 3. The number of aliphatic carboxylic acids is 3. The van der Waals surface area contributed by atoms with Gasteiger partial charge in [-0.15, -0.1) is 0 Å². The van der Waals surface area contributed by atoms with Crippen LogP contribution in [-0.2, 0) is 20.9 Å². The van der Waals surface area contributed by atoms with E-state index in [2.05, 4.69) is 37.0 Å². The van der Waals surface area contributed by atoms with Crippen LogP contribution in [0.15, 0.2) is 36.7 Å². The minimum absolute atomic E-state index is 0.186. The Kier molecular flexibility index (Phi) is 9.07. The lowest BCUT2D eigenvalue weighted by molar-refractivity contribution is -0.170. The van der Waals surface area contributed by atoms with Crippen molar-refractivity contribution in [2.24, 2.45) is 5.92 Å². The molecule has 1 aliphatic rings. The Morgan fingerprint density at radius 3 is 2.20 bits per heavy atom. The third-order valence-corrected chi connectivity index (χ3v) is 5.54. The van der Waals surface area contributed by atoms with E-state index in [1.807, 2.05) is 24.1 Å². The summed E-state index contributed by atoms with van der Waals surface area (Å²) in [5, 5.41) is 33.8. The number of hydrogen-bond donors (Lipinski definition) is 4. The Hall–Kier alpha value is -3.79. The van der Waals surface area contributed by atoms with Crippen molar-refractivity contribution in [1.82, 2.24) is 9.88 Å². The van der Waals surface area contributed by atoms with Gasteiger partial charge in [0.15, 0.2) is 5.60 Å². The summed E-state index contributed by atoms with van der Waals surface area (Å²) in [6.45, 7) is 7.99. The number of amides is 1. The minimum atomic E-state index is -2.74. The fourth-order valence-electron chi connectivity index (χ4n) is 3.74. The number of pyridine rings is 1. The zero-order valence-electron chi connectivity index (χ0n) is 19.9. The highest BCUT2D eigenvalue weighted by Gasteiger charge is 2.40. The van der Waals surface area contributed by atoms with Gasteiger partial charge < -0.3 is 25.3 Å². The largest absolute Gasteiger partial charge is 0.481 e. The first kappa shape index (κ1) is 27.5. The Morgan fingerprint density at radius 2 is 1.71 bits per heavy atom. The molecule has 1 aromatic heterocycles. The molecular formula is C25H30N2O8. The number of aryl methyl sites for hydroxylation is 1. The Bertz CT molecular complexity index is 1080. The molecule has 1 amide bonds. The monoisotopic (exact) mass is 486 g/mol. The predicted octanol–water partition coefficient (Wildman–Crippen LogP) is 2.81. The molecule has 0 atom stereocenters. The number of carbonyl (C=O) groups excluding carboxylic acids is 1. The summed E-state index contributed by atoms with van der Waals surface area (Å²) >= 11 is 0. The van der Waals surface area contributed by atoms with Crippen LogP contribution >= 0.6 is 0 Å². The number of benzene rings is 1. The highest BCUT2D eigenvalue weighted by Crippen LogP contribution is 2.31. The fourth-order valence-corrected chi connectivity index (χ4v) is 3.74. The number of hydrogen-bond acceptors (Lipinski definition) is 6. The molecule has 2 aromatic rings. The van der Waals surface area contributed by atoms with Crippen LogP contribution in [-0.4, -0.2) is 66.3 Å². The zero-order valence-corrected chi connectivity index (χ0v) is 19.9. The van der Waals surface area contributed by atoms with E-state index < -0.39 is 36.4 Å².